The summed E-state index contributed by atoms with van der Waals surface area (Å²) < 4.78 is 0. The average Bonchev–Trinajstić information content (AvgIpc) is 2.45. The largest absolute Gasteiger partial charge is 0.307 e. The molecule has 0 fully saturated rings. The lowest BCUT2D eigenvalue weighted by atomic mass is 9.90. The third-order valence-electron chi connectivity index (χ3n) is 3.89. The number of nitrogens with one attached hydrogen (secondary N) is 1. The maximum absolute atomic E-state index is 3.65. The van der Waals surface area contributed by atoms with Gasteiger partial charge in [-0.2, -0.15) is 0 Å². The third-order valence-corrected chi connectivity index (χ3v) is 3.89. The Bertz CT molecular complexity index is 572. The third kappa shape index (κ3) is 3.10. The predicted octanol–water partition coefficient (Wildman–Crippen LogP) is 4.56. The van der Waals surface area contributed by atoms with Crippen LogP contribution in [0.4, 0.5) is 0 Å². The summed E-state index contributed by atoms with van der Waals surface area (Å²) in [5.41, 5.74) is 6.91. The van der Waals surface area contributed by atoms with Gasteiger partial charge in [0.2, 0.25) is 0 Å². The molecule has 1 atom stereocenters. The van der Waals surface area contributed by atoms with Crippen molar-refractivity contribution in [2.24, 2.45) is 0 Å². The zero-order chi connectivity index (χ0) is 14.5. The van der Waals surface area contributed by atoms with Crippen LogP contribution in [0.15, 0.2) is 42.5 Å². The van der Waals surface area contributed by atoms with E-state index in [1.807, 2.05) is 0 Å². The lowest BCUT2D eigenvalue weighted by Crippen LogP contribution is -2.24. The summed E-state index contributed by atoms with van der Waals surface area (Å²) in [6.45, 7) is 9.73. The van der Waals surface area contributed by atoms with E-state index >= 15 is 0 Å². The number of hydrogen-bond acceptors (Lipinski definition) is 1. The molecule has 0 radical (unpaired) electrons. The van der Waals surface area contributed by atoms with Gasteiger partial charge in [0, 0.05) is 0 Å². The fourth-order valence-corrected chi connectivity index (χ4v) is 2.88. The smallest absolute Gasteiger partial charge is 0.0581 e. The molecule has 0 saturated heterocycles. The van der Waals surface area contributed by atoms with Gasteiger partial charge in [-0.05, 0) is 49.1 Å². The maximum atomic E-state index is 3.65. The van der Waals surface area contributed by atoms with Gasteiger partial charge >= 0.3 is 0 Å². The van der Waals surface area contributed by atoms with E-state index in [4.69, 9.17) is 0 Å². The van der Waals surface area contributed by atoms with E-state index in [1.54, 1.807) is 0 Å². The first-order valence-electron chi connectivity index (χ1n) is 7.55. The number of rotatable bonds is 5. The molecule has 2 aromatic carbocycles. The van der Waals surface area contributed by atoms with E-state index < -0.39 is 0 Å². The molecular weight excluding hydrogens is 242 g/mol. The number of benzene rings is 2. The van der Waals surface area contributed by atoms with Crippen molar-refractivity contribution in [3.05, 3.63) is 70.3 Å². The molecule has 0 bridgehead atoms. The van der Waals surface area contributed by atoms with E-state index in [0.717, 1.165) is 13.0 Å². The van der Waals surface area contributed by atoms with E-state index in [-0.39, 0.29) is 6.04 Å². The van der Waals surface area contributed by atoms with Crippen molar-refractivity contribution in [1.29, 1.82) is 0 Å². The zero-order valence-corrected chi connectivity index (χ0v) is 13.0. The van der Waals surface area contributed by atoms with Gasteiger partial charge in [0.25, 0.3) is 0 Å². The SMILES string of the molecule is CCNC(c1ccc(C)cc1C)c1ccccc1CC. The predicted molar refractivity (Wildman–Crippen MR) is 87.3 cm³/mol. The molecule has 0 spiro atoms. The molecule has 1 nitrogen and oxygen atoms in total. The number of aryl methyl sites for hydroxylation is 3. The first-order valence-corrected chi connectivity index (χ1v) is 7.55. The minimum atomic E-state index is 0.289. The van der Waals surface area contributed by atoms with Crippen LogP contribution in [-0.2, 0) is 6.42 Å². The summed E-state index contributed by atoms with van der Waals surface area (Å²) in [7, 11) is 0. The highest BCUT2D eigenvalue weighted by Gasteiger charge is 2.17. The Labute approximate surface area is 123 Å². The summed E-state index contributed by atoms with van der Waals surface area (Å²) in [5.74, 6) is 0. The molecule has 106 valence electrons. The molecule has 0 aliphatic heterocycles. The van der Waals surface area contributed by atoms with Crippen molar-refractivity contribution in [2.45, 2.75) is 40.2 Å². The lowest BCUT2D eigenvalue weighted by molar-refractivity contribution is 0.622. The van der Waals surface area contributed by atoms with Gasteiger partial charge in [0.1, 0.15) is 0 Å². The molecule has 0 aromatic heterocycles. The van der Waals surface area contributed by atoms with Crippen LogP contribution in [0.1, 0.15) is 47.7 Å². The molecule has 2 aromatic rings. The fraction of sp³-hybridized carbons (Fsp3) is 0.368. The lowest BCUT2D eigenvalue weighted by Gasteiger charge is -2.23. The summed E-state index contributed by atoms with van der Waals surface area (Å²) in [6.07, 6.45) is 1.07. The average molecular weight is 267 g/mol. The molecule has 0 heterocycles. The molecule has 0 amide bonds. The molecule has 1 heteroatoms. The first-order chi connectivity index (χ1) is 9.67. The Morgan fingerprint density at radius 2 is 1.70 bits per heavy atom. The first kappa shape index (κ1) is 14.8. The highest BCUT2D eigenvalue weighted by Crippen LogP contribution is 2.28. The minimum absolute atomic E-state index is 0.289. The van der Waals surface area contributed by atoms with Crippen molar-refractivity contribution in [3.63, 3.8) is 0 Å². The standard InChI is InChI=1S/C19H25N/c1-5-16-9-7-8-10-18(16)19(20-6-2)17-12-11-14(3)13-15(17)4/h7-13,19-20H,5-6H2,1-4H3. The summed E-state index contributed by atoms with van der Waals surface area (Å²) >= 11 is 0. The normalized spacial score (nSPS) is 12.4. The van der Waals surface area contributed by atoms with E-state index in [2.05, 4.69) is 75.5 Å². The molecule has 0 saturated carbocycles. The highest BCUT2D eigenvalue weighted by atomic mass is 14.9. The van der Waals surface area contributed by atoms with Crippen molar-refractivity contribution in [1.82, 2.24) is 5.32 Å². The molecular formula is C19H25N. The highest BCUT2D eigenvalue weighted by molar-refractivity contribution is 5.42. The van der Waals surface area contributed by atoms with Crippen molar-refractivity contribution in [2.75, 3.05) is 6.54 Å². The fourth-order valence-electron chi connectivity index (χ4n) is 2.88. The van der Waals surface area contributed by atoms with Crippen LogP contribution in [0.25, 0.3) is 0 Å². The van der Waals surface area contributed by atoms with E-state index in [0.29, 0.717) is 0 Å². The van der Waals surface area contributed by atoms with Crippen LogP contribution in [0, 0.1) is 13.8 Å². The molecule has 20 heavy (non-hydrogen) atoms. The Kier molecular flexibility index (Phi) is 4.97. The van der Waals surface area contributed by atoms with Crippen LogP contribution >= 0.6 is 0 Å². The molecule has 0 aliphatic carbocycles. The van der Waals surface area contributed by atoms with Gasteiger partial charge in [-0.3, -0.25) is 0 Å². The minimum Gasteiger partial charge on any atom is -0.307 e. The molecule has 1 unspecified atom stereocenters. The van der Waals surface area contributed by atoms with Gasteiger partial charge in [-0.1, -0.05) is 61.9 Å². The second-order valence-electron chi connectivity index (χ2n) is 5.40. The van der Waals surface area contributed by atoms with Crippen LogP contribution in [0.2, 0.25) is 0 Å². The Balaban J connectivity index is 2.50. The van der Waals surface area contributed by atoms with Gasteiger partial charge in [-0.25, -0.2) is 0 Å². The van der Waals surface area contributed by atoms with Crippen LogP contribution in [0.5, 0.6) is 0 Å². The summed E-state index contributed by atoms with van der Waals surface area (Å²) in [6, 6.07) is 15.8. The van der Waals surface area contributed by atoms with Gasteiger partial charge in [-0.15, -0.1) is 0 Å². The van der Waals surface area contributed by atoms with E-state index in [1.165, 1.54) is 27.8 Å². The molecule has 0 aliphatic rings. The number of hydrogen-bond donors (Lipinski definition) is 1. The zero-order valence-electron chi connectivity index (χ0n) is 13.0. The van der Waals surface area contributed by atoms with Gasteiger partial charge in [0.15, 0.2) is 0 Å². The van der Waals surface area contributed by atoms with Crippen LogP contribution in [-0.4, -0.2) is 6.54 Å². The summed E-state index contributed by atoms with van der Waals surface area (Å²) in [5, 5.41) is 3.65. The van der Waals surface area contributed by atoms with Crippen molar-refractivity contribution >= 4 is 0 Å². The Hall–Kier alpha value is -1.60. The Morgan fingerprint density at radius 3 is 2.35 bits per heavy atom. The molecule has 1 N–H and O–H groups in total. The van der Waals surface area contributed by atoms with Crippen molar-refractivity contribution < 1.29 is 0 Å². The maximum Gasteiger partial charge on any atom is 0.0581 e. The monoisotopic (exact) mass is 267 g/mol. The second kappa shape index (κ2) is 6.71. The Morgan fingerprint density at radius 1 is 0.950 bits per heavy atom. The summed E-state index contributed by atoms with van der Waals surface area (Å²) in [4.78, 5) is 0. The van der Waals surface area contributed by atoms with Gasteiger partial charge < -0.3 is 5.32 Å². The van der Waals surface area contributed by atoms with Crippen molar-refractivity contribution in [3.8, 4) is 0 Å². The molecule has 2 rings (SSSR count). The van der Waals surface area contributed by atoms with Crippen LogP contribution in [0.3, 0.4) is 0 Å². The van der Waals surface area contributed by atoms with E-state index in [9.17, 15) is 0 Å². The van der Waals surface area contributed by atoms with Gasteiger partial charge in [0.05, 0.1) is 6.04 Å². The van der Waals surface area contributed by atoms with Crippen LogP contribution < -0.4 is 5.32 Å². The quantitative estimate of drug-likeness (QED) is 0.837. The second-order valence-corrected chi connectivity index (χ2v) is 5.40. The topological polar surface area (TPSA) is 12.0 Å².